The van der Waals surface area contributed by atoms with Crippen LogP contribution in [-0.4, -0.2) is 42.9 Å². The molecule has 1 saturated heterocycles. The molecule has 124 valence electrons. The molecule has 1 aliphatic heterocycles. The van der Waals surface area contributed by atoms with Crippen molar-refractivity contribution in [2.24, 2.45) is 5.92 Å². The van der Waals surface area contributed by atoms with Crippen molar-refractivity contribution in [1.82, 2.24) is 4.90 Å². The van der Waals surface area contributed by atoms with E-state index in [0.717, 1.165) is 50.4 Å². The number of ether oxygens (including phenoxy) is 2. The second-order valence-electron chi connectivity index (χ2n) is 6.19. The molecule has 0 aromatic heterocycles. The van der Waals surface area contributed by atoms with Crippen molar-refractivity contribution >= 4 is 0 Å². The molecule has 1 atom stereocenters. The summed E-state index contributed by atoms with van der Waals surface area (Å²) in [6, 6.07) is 6.20. The molecule has 1 aromatic carbocycles. The Morgan fingerprint density at radius 2 is 2.00 bits per heavy atom. The second-order valence-corrected chi connectivity index (χ2v) is 6.19. The molecular formula is C18H29NO3. The largest absolute Gasteiger partial charge is 0.493 e. The quantitative estimate of drug-likeness (QED) is 0.840. The van der Waals surface area contributed by atoms with E-state index in [9.17, 15) is 5.11 Å². The van der Waals surface area contributed by atoms with Crippen molar-refractivity contribution in [3.8, 4) is 11.5 Å². The number of nitrogens with zero attached hydrogens (tertiary/aromatic N) is 1. The Morgan fingerprint density at radius 1 is 1.27 bits per heavy atom. The number of piperidine rings is 1. The second kappa shape index (κ2) is 8.39. The van der Waals surface area contributed by atoms with Crippen LogP contribution in [0.5, 0.6) is 11.5 Å². The topological polar surface area (TPSA) is 41.9 Å². The number of hydrogen-bond acceptors (Lipinski definition) is 4. The molecule has 0 radical (unpaired) electrons. The molecule has 4 heteroatoms. The van der Waals surface area contributed by atoms with Crippen molar-refractivity contribution in [3.05, 3.63) is 23.8 Å². The molecule has 0 bridgehead atoms. The number of aliphatic hydroxyl groups excluding tert-OH is 1. The lowest BCUT2D eigenvalue weighted by Crippen LogP contribution is -2.36. The van der Waals surface area contributed by atoms with E-state index in [-0.39, 0.29) is 6.10 Å². The third-order valence-corrected chi connectivity index (χ3v) is 4.41. The molecule has 4 nitrogen and oxygen atoms in total. The molecular weight excluding hydrogens is 278 g/mol. The zero-order chi connectivity index (χ0) is 15.9. The fourth-order valence-corrected chi connectivity index (χ4v) is 2.99. The molecule has 0 spiro atoms. The van der Waals surface area contributed by atoms with Gasteiger partial charge in [0.2, 0.25) is 0 Å². The first-order valence-electron chi connectivity index (χ1n) is 8.34. The fraction of sp³-hybridized carbons (Fsp3) is 0.667. The van der Waals surface area contributed by atoms with Crippen LogP contribution in [0.25, 0.3) is 0 Å². The maximum absolute atomic E-state index is 9.67. The summed E-state index contributed by atoms with van der Waals surface area (Å²) in [5.74, 6) is 2.08. The highest BCUT2D eigenvalue weighted by Gasteiger charge is 2.22. The van der Waals surface area contributed by atoms with Gasteiger partial charge in [0.15, 0.2) is 11.5 Å². The van der Waals surface area contributed by atoms with Crippen LogP contribution in [0.3, 0.4) is 0 Å². The normalized spacial score (nSPS) is 18.2. The van der Waals surface area contributed by atoms with E-state index in [1.807, 2.05) is 13.0 Å². The van der Waals surface area contributed by atoms with E-state index in [0.29, 0.717) is 12.5 Å². The van der Waals surface area contributed by atoms with Gasteiger partial charge >= 0.3 is 0 Å². The molecule has 0 aliphatic carbocycles. The Bertz CT molecular complexity index is 454. The molecule has 1 heterocycles. The molecule has 1 unspecified atom stereocenters. The summed E-state index contributed by atoms with van der Waals surface area (Å²) in [6.45, 7) is 7.73. The lowest BCUT2D eigenvalue weighted by Gasteiger charge is -2.33. The van der Waals surface area contributed by atoms with Crippen LogP contribution in [0, 0.1) is 5.92 Å². The Balaban J connectivity index is 1.93. The van der Waals surface area contributed by atoms with E-state index >= 15 is 0 Å². The Kier molecular flexibility index (Phi) is 6.52. The van der Waals surface area contributed by atoms with Gasteiger partial charge in [-0.25, -0.2) is 0 Å². The van der Waals surface area contributed by atoms with Gasteiger partial charge in [0.05, 0.1) is 19.8 Å². The van der Waals surface area contributed by atoms with E-state index in [1.165, 1.54) is 5.56 Å². The third-order valence-electron chi connectivity index (χ3n) is 4.41. The van der Waals surface area contributed by atoms with Crippen molar-refractivity contribution in [2.75, 3.05) is 26.8 Å². The summed E-state index contributed by atoms with van der Waals surface area (Å²) in [6.07, 6.45) is 2.96. The van der Waals surface area contributed by atoms with Crippen LogP contribution < -0.4 is 9.47 Å². The van der Waals surface area contributed by atoms with Crippen LogP contribution in [0.4, 0.5) is 0 Å². The molecule has 0 saturated carbocycles. The number of methoxy groups -OCH3 is 1. The Hall–Kier alpha value is -1.26. The first-order valence-corrected chi connectivity index (χ1v) is 8.34. The summed E-state index contributed by atoms with van der Waals surface area (Å²) in [4.78, 5) is 2.44. The van der Waals surface area contributed by atoms with E-state index < -0.39 is 0 Å². The van der Waals surface area contributed by atoms with Crippen LogP contribution in [-0.2, 0) is 6.54 Å². The van der Waals surface area contributed by atoms with E-state index in [4.69, 9.17) is 9.47 Å². The van der Waals surface area contributed by atoms with Gasteiger partial charge < -0.3 is 14.6 Å². The van der Waals surface area contributed by atoms with Crippen molar-refractivity contribution in [2.45, 2.75) is 45.8 Å². The molecule has 1 N–H and O–H groups in total. The molecule has 22 heavy (non-hydrogen) atoms. The Morgan fingerprint density at radius 3 is 2.59 bits per heavy atom. The molecule has 1 fully saturated rings. The van der Waals surface area contributed by atoms with Gasteiger partial charge in [-0.1, -0.05) is 13.0 Å². The SMILES string of the molecule is CCCOc1ccc(CN2CCC(C(C)O)CC2)cc1OC. The highest BCUT2D eigenvalue weighted by Crippen LogP contribution is 2.29. The summed E-state index contributed by atoms with van der Waals surface area (Å²) in [5, 5.41) is 9.67. The highest BCUT2D eigenvalue weighted by atomic mass is 16.5. The number of likely N-dealkylation sites (tertiary alicyclic amines) is 1. The number of benzene rings is 1. The average molecular weight is 307 g/mol. The van der Waals surface area contributed by atoms with Crippen molar-refractivity contribution in [1.29, 1.82) is 0 Å². The predicted octanol–water partition coefficient (Wildman–Crippen LogP) is 3.08. The summed E-state index contributed by atoms with van der Waals surface area (Å²) >= 11 is 0. The first-order chi connectivity index (χ1) is 10.6. The summed E-state index contributed by atoms with van der Waals surface area (Å²) in [7, 11) is 1.69. The van der Waals surface area contributed by atoms with Crippen LogP contribution in [0.15, 0.2) is 18.2 Å². The van der Waals surface area contributed by atoms with Gasteiger partial charge in [-0.3, -0.25) is 4.90 Å². The van der Waals surface area contributed by atoms with Gasteiger partial charge in [-0.15, -0.1) is 0 Å². The van der Waals surface area contributed by atoms with Gasteiger partial charge in [0.25, 0.3) is 0 Å². The highest BCUT2D eigenvalue weighted by molar-refractivity contribution is 5.43. The van der Waals surface area contributed by atoms with Crippen molar-refractivity contribution < 1.29 is 14.6 Å². The van der Waals surface area contributed by atoms with Crippen LogP contribution in [0.1, 0.15) is 38.7 Å². The van der Waals surface area contributed by atoms with Gasteiger partial charge in [0.1, 0.15) is 0 Å². The maximum Gasteiger partial charge on any atom is 0.161 e. The third kappa shape index (κ3) is 4.62. The maximum atomic E-state index is 9.67. The standard InChI is InChI=1S/C18H29NO3/c1-4-11-22-17-6-5-15(12-18(17)21-3)13-19-9-7-16(8-10-19)14(2)20/h5-6,12,14,16,20H,4,7-11,13H2,1-3H3. The molecule has 1 aromatic rings. The van der Waals surface area contributed by atoms with Crippen LogP contribution in [0.2, 0.25) is 0 Å². The van der Waals surface area contributed by atoms with E-state index in [1.54, 1.807) is 7.11 Å². The van der Waals surface area contributed by atoms with Crippen LogP contribution >= 0.6 is 0 Å². The minimum atomic E-state index is -0.183. The molecule has 1 aliphatic rings. The van der Waals surface area contributed by atoms with E-state index in [2.05, 4.69) is 24.0 Å². The van der Waals surface area contributed by atoms with Crippen molar-refractivity contribution in [3.63, 3.8) is 0 Å². The predicted molar refractivity (Wildman–Crippen MR) is 88.5 cm³/mol. The zero-order valence-corrected chi connectivity index (χ0v) is 14.0. The average Bonchev–Trinajstić information content (AvgIpc) is 2.54. The molecule has 2 rings (SSSR count). The number of rotatable bonds is 7. The molecule has 0 amide bonds. The Labute approximate surface area is 134 Å². The lowest BCUT2D eigenvalue weighted by molar-refractivity contribution is 0.0695. The zero-order valence-electron chi connectivity index (χ0n) is 14.0. The summed E-state index contributed by atoms with van der Waals surface area (Å²) in [5.41, 5.74) is 1.25. The number of aliphatic hydroxyl groups is 1. The smallest absolute Gasteiger partial charge is 0.161 e. The van der Waals surface area contributed by atoms with Gasteiger partial charge in [-0.05, 0) is 62.9 Å². The monoisotopic (exact) mass is 307 g/mol. The summed E-state index contributed by atoms with van der Waals surface area (Å²) < 4.78 is 11.1. The fourth-order valence-electron chi connectivity index (χ4n) is 2.99. The lowest BCUT2D eigenvalue weighted by atomic mass is 9.92. The number of hydrogen-bond donors (Lipinski definition) is 1. The van der Waals surface area contributed by atoms with Gasteiger partial charge in [-0.2, -0.15) is 0 Å². The minimum Gasteiger partial charge on any atom is -0.493 e. The van der Waals surface area contributed by atoms with Gasteiger partial charge in [0, 0.05) is 6.54 Å². The first kappa shape index (κ1) is 17.1. The minimum absolute atomic E-state index is 0.183.